The number of carbonyl (C=O) groups excluding carboxylic acids is 1. The number of rotatable bonds is 0. The van der Waals surface area contributed by atoms with Crippen LogP contribution in [0.15, 0.2) is 0 Å². The monoisotopic (exact) mass is 269 g/mol. The molecule has 0 unspecified atom stereocenters. The Bertz CT molecular complexity index is 350. The molecule has 19 heavy (non-hydrogen) atoms. The minimum atomic E-state index is -0.460. The molecule has 2 rings (SSSR count). The van der Waals surface area contributed by atoms with E-state index in [2.05, 4.69) is 6.92 Å². The summed E-state index contributed by atoms with van der Waals surface area (Å²) in [6.45, 7) is 8.55. The number of likely N-dealkylation sites (tertiary alicyclic amines) is 1. The first kappa shape index (κ1) is 14.6. The van der Waals surface area contributed by atoms with Crippen LogP contribution < -0.4 is 0 Å². The maximum atomic E-state index is 12.3. The summed E-state index contributed by atoms with van der Waals surface area (Å²) in [7, 11) is 0. The highest BCUT2D eigenvalue weighted by Gasteiger charge is 2.49. The fourth-order valence-corrected chi connectivity index (χ4v) is 3.56. The predicted molar refractivity (Wildman–Crippen MR) is 73.9 cm³/mol. The van der Waals surface area contributed by atoms with E-state index in [1.807, 2.05) is 25.7 Å². The van der Waals surface area contributed by atoms with Gasteiger partial charge in [-0.15, -0.1) is 0 Å². The zero-order valence-electron chi connectivity index (χ0n) is 12.6. The van der Waals surface area contributed by atoms with E-state index in [-0.39, 0.29) is 23.7 Å². The van der Waals surface area contributed by atoms with Gasteiger partial charge in [0.15, 0.2) is 0 Å². The zero-order valence-corrected chi connectivity index (χ0v) is 12.6. The van der Waals surface area contributed by atoms with Crippen LogP contribution in [-0.2, 0) is 4.74 Å². The highest BCUT2D eigenvalue weighted by molar-refractivity contribution is 5.69. The van der Waals surface area contributed by atoms with Crippen LogP contribution in [0.2, 0.25) is 0 Å². The highest BCUT2D eigenvalue weighted by atomic mass is 16.6. The fraction of sp³-hybridized carbons (Fsp3) is 0.933. The number of amides is 1. The third kappa shape index (κ3) is 2.88. The molecule has 0 spiro atoms. The average Bonchev–Trinajstić information content (AvgIpc) is 2.27. The first-order valence-corrected chi connectivity index (χ1v) is 7.42. The van der Waals surface area contributed by atoms with Crippen molar-refractivity contribution in [3.05, 3.63) is 0 Å². The van der Waals surface area contributed by atoms with Crippen molar-refractivity contribution < 1.29 is 14.6 Å². The van der Waals surface area contributed by atoms with E-state index in [4.69, 9.17) is 4.74 Å². The summed E-state index contributed by atoms with van der Waals surface area (Å²) in [4.78, 5) is 14.2. The SMILES string of the molecule is CC(C)(C)OC(=O)N1CCC[C@]2(C)[C@H](O)CCC[C@H]12. The first-order chi connectivity index (χ1) is 8.74. The lowest BCUT2D eigenvalue weighted by atomic mass is 9.64. The lowest BCUT2D eigenvalue weighted by Crippen LogP contribution is -2.60. The van der Waals surface area contributed by atoms with Gasteiger partial charge in [-0.25, -0.2) is 4.79 Å². The molecule has 1 aliphatic carbocycles. The van der Waals surface area contributed by atoms with E-state index in [9.17, 15) is 9.90 Å². The Kier molecular flexibility index (Phi) is 3.83. The number of carbonyl (C=O) groups is 1. The maximum Gasteiger partial charge on any atom is 0.410 e. The molecule has 2 fully saturated rings. The zero-order chi connectivity index (χ0) is 14.3. The molecule has 110 valence electrons. The van der Waals surface area contributed by atoms with Gasteiger partial charge in [0.1, 0.15) is 5.60 Å². The van der Waals surface area contributed by atoms with E-state index in [1.54, 1.807) is 0 Å². The summed E-state index contributed by atoms with van der Waals surface area (Å²) in [6.07, 6.45) is 4.25. The Labute approximate surface area is 116 Å². The molecule has 0 bridgehead atoms. The van der Waals surface area contributed by atoms with Gasteiger partial charge in [-0.2, -0.15) is 0 Å². The van der Waals surface area contributed by atoms with E-state index in [0.29, 0.717) is 0 Å². The van der Waals surface area contributed by atoms with Gasteiger partial charge >= 0.3 is 6.09 Å². The van der Waals surface area contributed by atoms with Gasteiger partial charge in [-0.3, -0.25) is 0 Å². The third-order valence-electron chi connectivity index (χ3n) is 4.60. The second kappa shape index (κ2) is 4.97. The van der Waals surface area contributed by atoms with Gasteiger partial charge in [-0.05, 0) is 52.9 Å². The summed E-state index contributed by atoms with van der Waals surface area (Å²) in [5.41, 5.74) is -0.619. The number of aliphatic hydroxyl groups excluding tert-OH is 1. The van der Waals surface area contributed by atoms with Crippen LogP contribution in [0.4, 0.5) is 4.79 Å². The van der Waals surface area contributed by atoms with Crippen molar-refractivity contribution in [2.45, 2.75) is 77.5 Å². The van der Waals surface area contributed by atoms with E-state index >= 15 is 0 Å². The minimum Gasteiger partial charge on any atom is -0.444 e. The van der Waals surface area contributed by atoms with Crippen molar-refractivity contribution in [3.8, 4) is 0 Å². The Hall–Kier alpha value is -0.770. The van der Waals surface area contributed by atoms with Crippen molar-refractivity contribution in [1.82, 2.24) is 4.90 Å². The Morgan fingerprint density at radius 2 is 2.00 bits per heavy atom. The van der Waals surface area contributed by atoms with Gasteiger partial charge in [0, 0.05) is 18.0 Å². The summed E-state index contributed by atoms with van der Waals surface area (Å²) in [6, 6.07) is 0.125. The molecule has 0 aromatic heterocycles. The van der Waals surface area contributed by atoms with Crippen LogP contribution in [0, 0.1) is 5.41 Å². The lowest BCUT2D eigenvalue weighted by Gasteiger charge is -2.53. The van der Waals surface area contributed by atoms with Crippen LogP contribution in [0.25, 0.3) is 0 Å². The maximum absolute atomic E-state index is 12.3. The normalized spacial score (nSPS) is 35.7. The third-order valence-corrected chi connectivity index (χ3v) is 4.60. The van der Waals surface area contributed by atoms with Crippen molar-refractivity contribution in [2.75, 3.05) is 6.54 Å². The molecule has 0 radical (unpaired) electrons. The molecule has 0 aromatic carbocycles. The van der Waals surface area contributed by atoms with E-state index < -0.39 is 5.60 Å². The van der Waals surface area contributed by atoms with E-state index in [1.165, 1.54) is 0 Å². The Morgan fingerprint density at radius 3 is 2.63 bits per heavy atom. The second-order valence-electron chi connectivity index (χ2n) is 7.25. The molecule has 4 nitrogen and oxygen atoms in total. The van der Waals surface area contributed by atoms with Crippen molar-refractivity contribution in [3.63, 3.8) is 0 Å². The number of aliphatic hydroxyl groups is 1. The van der Waals surface area contributed by atoms with Gasteiger partial charge in [-0.1, -0.05) is 6.92 Å². The molecular formula is C15H27NO3. The van der Waals surface area contributed by atoms with Crippen LogP contribution in [-0.4, -0.2) is 40.4 Å². The molecule has 2 aliphatic rings. The van der Waals surface area contributed by atoms with Crippen molar-refractivity contribution in [2.24, 2.45) is 5.41 Å². The van der Waals surface area contributed by atoms with Crippen LogP contribution in [0.3, 0.4) is 0 Å². The molecule has 1 saturated carbocycles. The minimum absolute atomic E-state index is 0.125. The van der Waals surface area contributed by atoms with Gasteiger partial charge < -0.3 is 14.7 Å². The largest absolute Gasteiger partial charge is 0.444 e. The summed E-state index contributed by atoms with van der Waals surface area (Å²) in [5.74, 6) is 0. The van der Waals surface area contributed by atoms with E-state index in [0.717, 1.165) is 38.6 Å². The number of hydrogen-bond donors (Lipinski definition) is 1. The molecule has 1 heterocycles. The Balaban J connectivity index is 2.15. The topological polar surface area (TPSA) is 49.8 Å². The van der Waals surface area contributed by atoms with Gasteiger partial charge in [0.2, 0.25) is 0 Å². The molecular weight excluding hydrogens is 242 g/mol. The molecule has 1 saturated heterocycles. The van der Waals surface area contributed by atoms with Crippen molar-refractivity contribution >= 4 is 6.09 Å². The lowest BCUT2D eigenvalue weighted by molar-refractivity contribution is -0.0935. The second-order valence-corrected chi connectivity index (χ2v) is 7.25. The number of hydrogen-bond acceptors (Lipinski definition) is 3. The summed E-state index contributed by atoms with van der Waals surface area (Å²) in [5, 5.41) is 10.3. The quantitative estimate of drug-likeness (QED) is 0.735. The van der Waals surface area contributed by atoms with Crippen LogP contribution >= 0.6 is 0 Å². The number of piperidine rings is 1. The average molecular weight is 269 g/mol. The predicted octanol–water partition coefficient (Wildman–Crippen LogP) is 2.94. The summed E-state index contributed by atoms with van der Waals surface area (Å²) >= 11 is 0. The number of ether oxygens (including phenoxy) is 1. The van der Waals surface area contributed by atoms with Crippen LogP contribution in [0.1, 0.15) is 59.8 Å². The number of fused-ring (bicyclic) bond motifs is 1. The Morgan fingerprint density at radius 1 is 1.32 bits per heavy atom. The summed E-state index contributed by atoms with van der Waals surface area (Å²) < 4.78 is 5.51. The number of nitrogens with zero attached hydrogens (tertiary/aromatic N) is 1. The molecule has 3 atom stereocenters. The molecule has 4 heteroatoms. The first-order valence-electron chi connectivity index (χ1n) is 7.42. The van der Waals surface area contributed by atoms with Gasteiger partial charge in [0.05, 0.1) is 6.10 Å². The molecule has 1 N–H and O–H groups in total. The molecule has 1 aliphatic heterocycles. The smallest absolute Gasteiger partial charge is 0.410 e. The molecule has 1 amide bonds. The highest BCUT2D eigenvalue weighted by Crippen LogP contribution is 2.45. The van der Waals surface area contributed by atoms with Crippen molar-refractivity contribution in [1.29, 1.82) is 0 Å². The fourth-order valence-electron chi connectivity index (χ4n) is 3.56. The van der Waals surface area contributed by atoms with Crippen LogP contribution in [0.5, 0.6) is 0 Å². The van der Waals surface area contributed by atoms with Gasteiger partial charge in [0.25, 0.3) is 0 Å². The molecule has 0 aromatic rings. The standard InChI is InChI=1S/C15H27NO3/c1-14(2,3)19-13(18)16-10-6-9-15(4)11(16)7-5-8-12(15)17/h11-12,17H,5-10H2,1-4H3/t11-,12+,15-/m0/s1.